The summed E-state index contributed by atoms with van der Waals surface area (Å²) in [6.45, 7) is 1.85. The number of thiophene rings is 1. The summed E-state index contributed by atoms with van der Waals surface area (Å²) in [7, 11) is 0. The Bertz CT molecular complexity index is 1170. The molecule has 0 radical (unpaired) electrons. The molecule has 0 aliphatic carbocycles. The summed E-state index contributed by atoms with van der Waals surface area (Å²) in [5.74, 6) is -0.637. The number of amides is 2. The monoisotopic (exact) mass is 448 g/mol. The van der Waals surface area contributed by atoms with Crippen LogP contribution < -0.4 is 20.1 Å². The van der Waals surface area contributed by atoms with Crippen LogP contribution in [-0.4, -0.2) is 18.2 Å². The Morgan fingerprint density at radius 2 is 1.90 bits per heavy atom. The zero-order valence-electron chi connectivity index (χ0n) is 16.0. The van der Waals surface area contributed by atoms with Crippen LogP contribution in [-0.2, 0) is 11.3 Å². The van der Waals surface area contributed by atoms with E-state index in [1.54, 1.807) is 18.2 Å². The van der Waals surface area contributed by atoms with Gasteiger partial charge in [0, 0.05) is 22.7 Å². The SMILES string of the molecule is CC(=O)NCc1ccc(-c2ccc3c(c2)C(=O)Nc2cc(OC(F)(F)F)ccc2O3)s1. The highest BCUT2D eigenvalue weighted by Crippen LogP contribution is 2.40. The number of nitrogens with one attached hydrogen (secondary N) is 2. The number of alkyl halides is 3. The Morgan fingerprint density at radius 1 is 1.13 bits per heavy atom. The van der Waals surface area contributed by atoms with E-state index in [0.717, 1.165) is 27.5 Å². The van der Waals surface area contributed by atoms with Gasteiger partial charge < -0.3 is 20.1 Å². The molecule has 0 unspecified atom stereocenters. The molecule has 0 spiro atoms. The van der Waals surface area contributed by atoms with E-state index in [1.165, 1.54) is 24.3 Å². The summed E-state index contributed by atoms with van der Waals surface area (Å²) in [4.78, 5) is 25.6. The minimum absolute atomic E-state index is 0.0678. The molecule has 0 saturated carbocycles. The Morgan fingerprint density at radius 3 is 2.65 bits per heavy atom. The van der Waals surface area contributed by atoms with Crippen LogP contribution >= 0.6 is 11.3 Å². The molecule has 2 amide bonds. The van der Waals surface area contributed by atoms with Crippen molar-refractivity contribution in [1.29, 1.82) is 0 Å². The van der Waals surface area contributed by atoms with Gasteiger partial charge in [-0.3, -0.25) is 9.59 Å². The molecule has 0 saturated heterocycles. The van der Waals surface area contributed by atoms with Crippen molar-refractivity contribution in [1.82, 2.24) is 5.32 Å². The van der Waals surface area contributed by atoms with Gasteiger partial charge in [0.25, 0.3) is 5.91 Å². The third kappa shape index (κ3) is 4.80. The molecule has 2 N–H and O–H groups in total. The fourth-order valence-electron chi connectivity index (χ4n) is 2.99. The van der Waals surface area contributed by atoms with Gasteiger partial charge in [0.15, 0.2) is 5.75 Å². The number of ether oxygens (including phenoxy) is 2. The highest BCUT2D eigenvalue weighted by Gasteiger charge is 2.32. The number of carbonyl (C=O) groups is 2. The second-order valence-electron chi connectivity index (χ2n) is 6.65. The first-order valence-corrected chi connectivity index (χ1v) is 9.86. The first kappa shape index (κ1) is 20.7. The molecule has 4 rings (SSSR count). The topological polar surface area (TPSA) is 76.7 Å². The van der Waals surface area contributed by atoms with Crippen LogP contribution in [0.25, 0.3) is 10.4 Å². The second kappa shape index (κ2) is 7.95. The van der Waals surface area contributed by atoms with Crippen molar-refractivity contribution >= 4 is 28.8 Å². The number of halogens is 3. The van der Waals surface area contributed by atoms with Crippen LogP contribution in [0.3, 0.4) is 0 Å². The normalized spacial score (nSPS) is 12.7. The third-order valence-corrected chi connectivity index (χ3v) is 5.47. The smallest absolute Gasteiger partial charge is 0.454 e. The molecular weight excluding hydrogens is 433 g/mol. The third-order valence-electron chi connectivity index (χ3n) is 4.33. The molecule has 10 heteroatoms. The summed E-state index contributed by atoms with van der Waals surface area (Å²) in [5, 5.41) is 5.29. The zero-order chi connectivity index (χ0) is 22.2. The van der Waals surface area contributed by atoms with Crippen molar-refractivity contribution in [3.8, 4) is 27.7 Å². The molecule has 1 aliphatic rings. The zero-order valence-corrected chi connectivity index (χ0v) is 16.8. The molecule has 31 heavy (non-hydrogen) atoms. The summed E-state index contributed by atoms with van der Waals surface area (Å²) in [6.07, 6.45) is -4.85. The van der Waals surface area contributed by atoms with Crippen LogP contribution in [0, 0.1) is 0 Å². The van der Waals surface area contributed by atoms with Gasteiger partial charge in [0.1, 0.15) is 11.5 Å². The van der Waals surface area contributed by atoms with Crippen molar-refractivity contribution < 1.29 is 32.2 Å². The number of anilines is 1. The van der Waals surface area contributed by atoms with Crippen LogP contribution in [0.5, 0.6) is 17.2 Å². The second-order valence-corrected chi connectivity index (χ2v) is 7.82. The largest absolute Gasteiger partial charge is 0.573 e. The maximum absolute atomic E-state index is 12.7. The average molecular weight is 448 g/mol. The predicted molar refractivity (Wildman–Crippen MR) is 108 cm³/mol. The molecule has 160 valence electrons. The van der Waals surface area contributed by atoms with Crippen LogP contribution in [0.4, 0.5) is 18.9 Å². The average Bonchev–Trinajstić information content (AvgIpc) is 3.11. The molecule has 0 bridgehead atoms. The molecular formula is C21H15F3N2O4S. The highest BCUT2D eigenvalue weighted by molar-refractivity contribution is 7.15. The van der Waals surface area contributed by atoms with Crippen molar-refractivity contribution in [3.05, 3.63) is 59.0 Å². The first-order valence-electron chi connectivity index (χ1n) is 9.04. The molecule has 2 aromatic carbocycles. The number of benzene rings is 2. The van der Waals surface area contributed by atoms with Crippen molar-refractivity contribution in [2.45, 2.75) is 19.8 Å². The van der Waals surface area contributed by atoms with E-state index in [-0.39, 0.29) is 28.7 Å². The van der Waals surface area contributed by atoms with Crippen molar-refractivity contribution in [3.63, 3.8) is 0 Å². The number of rotatable bonds is 4. The van der Waals surface area contributed by atoms with Gasteiger partial charge in [-0.15, -0.1) is 24.5 Å². The van der Waals surface area contributed by atoms with Gasteiger partial charge in [0.05, 0.1) is 17.8 Å². The summed E-state index contributed by atoms with van der Waals surface area (Å²) in [5.41, 5.74) is 1.07. The summed E-state index contributed by atoms with van der Waals surface area (Å²) in [6, 6.07) is 12.3. The Kier molecular flexibility index (Phi) is 5.32. The van der Waals surface area contributed by atoms with Crippen LogP contribution in [0.2, 0.25) is 0 Å². The number of carbonyl (C=O) groups excluding carboxylic acids is 2. The minimum atomic E-state index is -4.85. The van der Waals surface area contributed by atoms with E-state index in [0.29, 0.717) is 6.54 Å². The number of fused-ring (bicyclic) bond motifs is 2. The molecule has 0 atom stereocenters. The van der Waals surface area contributed by atoms with Gasteiger partial charge in [-0.2, -0.15) is 0 Å². The maximum Gasteiger partial charge on any atom is 0.573 e. The fourth-order valence-corrected chi connectivity index (χ4v) is 3.93. The van der Waals surface area contributed by atoms with E-state index in [4.69, 9.17) is 4.74 Å². The van der Waals surface area contributed by atoms with E-state index in [2.05, 4.69) is 15.4 Å². The number of hydrogen-bond acceptors (Lipinski definition) is 5. The standard InChI is InChI=1S/C21H15F3N2O4S/c1-11(27)25-10-14-4-7-19(31-14)12-2-5-17-15(8-12)20(28)26-16-9-13(30-21(22,23)24)3-6-18(16)29-17/h2-9H,10H2,1H3,(H,25,27)(H,26,28). The van der Waals surface area contributed by atoms with Crippen LogP contribution in [0.1, 0.15) is 22.2 Å². The van der Waals surface area contributed by atoms with Crippen molar-refractivity contribution in [2.24, 2.45) is 0 Å². The highest BCUT2D eigenvalue weighted by atomic mass is 32.1. The molecule has 6 nitrogen and oxygen atoms in total. The Balaban J connectivity index is 1.60. The minimum Gasteiger partial charge on any atom is -0.454 e. The lowest BCUT2D eigenvalue weighted by Crippen LogP contribution is -2.17. The summed E-state index contributed by atoms with van der Waals surface area (Å²) >= 11 is 1.47. The van der Waals surface area contributed by atoms with Crippen molar-refractivity contribution in [2.75, 3.05) is 5.32 Å². The number of hydrogen-bond donors (Lipinski definition) is 2. The van der Waals surface area contributed by atoms with E-state index >= 15 is 0 Å². The Labute approximate surface area is 178 Å². The fraction of sp³-hybridized carbons (Fsp3) is 0.143. The Hall–Kier alpha value is -3.53. The van der Waals surface area contributed by atoms with Gasteiger partial charge in [-0.25, -0.2) is 0 Å². The van der Waals surface area contributed by atoms with E-state index < -0.39 is 18.0 Å². The lowest BCUT2D eigenvalue weighted by Gasteiger charge is -2.12. The van der Waals surface area contributed by atoms with E-state index in [1.807, 2.05) is 12.1 Å². The molecule has 2 heterocycles. The van der Waals surface area contributed by atoms with Gasteiger partial charge in [-0.05, 0) is 48.0 Å². The van der Waals surface area contributed by atoms with E-state index in [9.17, 15) is 22.8 Å². The van der Waals surface area contributed by atoms with Gasteiger partial charge in [-0.1, -0.05) is 0 Å². The van der Waals surface area contributed by atoms with Gasteiger partial charge in [0.2, 0.25) is 5.91 Å². The quantitative estimate of drug-likeness (QED) is 0.567. The molecule has 0 fully saturated rings. The molecule has 1 aliphatic heterocycles. The molecule has 3 aromatic rings. The van der Waals surface area contributed by atoms with Crippen LogP contribution in [0.15, 0.2) is 48.5 Å². The maximum atomic E-state index is 12.7. The summed E-state index contributed by atoms with van der Waals surface area (Å²) < 4.78 is 47.1. The molecule has 1 aromatic heterocycles. The lowest BCUT2D eigenvalue weighted by molar-refractivity contribution is -0.274. The lowest BCUT2D eigenvalue weighted by atomic mass is 10.1. The predicted octanol–water partition coefficient (Wildman–Crippen LogP) is 5.31. The van der Waals surface area contributed by atoms with Gasteiger partial charge >= 0.3 is 6.36 Å². The first-order chi connectivity index (χ1) is 14.7.